The Kier molecular flexibility index (Phi) is 4.24. The van der Waals surface area contributed by atoms with Gasteiger partial charge in [0.05, 0.1) is 13.0 Å². The van der Waals surface area contributed by atoms with E-state index in [0.717, 1.165) is 6.42 Å². The van der Waals surface area contributed by atoms with Crippen molar-refractivity contribution in [3.63, 3.8) is 0 Å². The second kappa shape index (κ2) is 4.45. The van der Waals surface area contributed by atoms with E-state index in [9.17, 15) is 4.79 Å². The summed E-state index contributed by atoms with van der Waals surface area (Å²) in [5.74, 6) is -0.217. The van der Waals surface area contributed by atoms with Crippen LogP contribution in [0.1, 0.15) is 33.6 Å². The van der Waals surface area contributed by atoms with Gasteiger partial charge in [0.15, 0.2) is 0 Å². The number of ether oxygens (including phenoxy) is 1. The van der Waals surface area contributed by atoms with E-state index in [0.29, 0.717) is 6.42 Å². The Morgan fingerprint density at radius 1 is 1.58 bits per heavy atom. The second-order valence-corrected chi connectivity index (χ2v) is 3.82. The fraction of sp³-hybridized carbons (Fsp3) is 0.889. The Morgan fingerprint density at radius 2 is 2.08 bits per heavy atom. The first kappa shape index (κ1) is 11.4. The van der Waals surface area contributed by atoms with Crippen molar-refractivity contribution in [3.8, 4) is 0 Å². The van der Waals surface area contributed by atoms with Crippen molar-refractivity contribution in [2.75, 3.05) is 7.11 Å². The third kappa shape index (κ3) is 4.34. The minimum Gasteiger partial charge on any atom is -0.469 e. The highest BCUT2D eigenvalue weighted by Crippen LogP contribution is 2.17. The molecule has 0 aromatic heterocycles. The maximum atomic E-state index is 11.1. The first-order chi connectivity index (χ1) is 5.40. The van der Waals surface area contributed by atoms with Gasteiger partial charge in [-0.05, 0) is 26.7 Å². The summed E-state index contributed by atoms with van der Waals surface area (Å²) in [6.07, 6.45) is 1.46. The number of hydrogen-bond donors (Lipinski definition) is 1. The van der Waals surface area contributed by atoms with Crippen LogP contribution in [0.25, 0.3) is 0 Å². The first-order valence-corrected chi connectivity index (χ1v) is 4.27. The van der Waals surface area contributed by atoms with Crippen molar-refractivity contribution in [3.05, 3.63) is 0 Å². The summed E-state index contributed by atoms with van der Waals surface area (Å²) in [6.45, 7) is 5.80. The van der Waals surface area contributed by atoms with Gasteiger partial charge in [-0.2, -0.15) is 0 Å². The minimum atomic E-state index is -0.297. The van der Waals surface area contributed by atoms with Gasteiger partial charge in [-0.15, -0.1) is 0 Å². The molecule has 0 spiro atoms. The van der Waals surface area contributed by atoms with Crippen LogP contribution in [0.15, 0.2) is 0 Å². The van der Waals surface area contributed by atoms with Crippen LogP contribution in [-0.4, -0.2) is 18.6 Å². The van der Waals surface area contributed by atoms with Gasteiger partial charge >= 0.3 is 5.97 Å². The van der Waals surface area contributed by atoms with E-state index >= 15 is 0 Å². The van der Waals surface area contributed by atoms with Crippen LogP contribution < -0.4 is 5.73 Å². The number of carbonyl (C=O) groups excluding carboxylic acids is 1. The van der Waals surface area contributed by atoms with Crippen LogP contribution in [0.3, 0.4) is 0 Å². The van der Waals surface area contributed by atoms with Crippen LogP contribution >= 0.6 is 0 Å². The third-order valence-corrected chi connectivity index (χ3v) is 1.80. The molecule has 0 radical (unpaired) electrons. The second-order valence-electron chi connectivity index (χ2n) is 3.82. The largest absolute Gasteiger partial charge is 0.469 e. The van der Waals surface area contributed by atoms with Gasteiger partial charge in [-0.3, -0.25) is 4.79 Å². The zero-order valence-electron chi connectivity index (χ0n) is 8.39. The van der Waals surface area contributed by atoms with Gasteiger partial charge < -0.3 is 10.5 Å². The summed E-state index contributed by atoms with van der Waals surface area (Å²) in [6, 6.07) is 0. The van der Waals surface area contributed by atoms with Gasteiger partial charge in [0.2, 0.25) is 0 Å². The smallest absolute Gasteiger partial charge is 0.308 e. The SMILES string of the molecule is CCC(CC(C)(C)N)C(=O)OC. The highest BCUT2D eigenvalue weighted by atomic mass is 16.5. The molecule has 0 heterocycles. The van der Waals surface area contributed by atoms with Crippen LogP contribution in [0.4, 0.5) is 0 Å². The molecule has 0 aromatic carbocycles. The molecule has 0 aromatic rings. The lowest BCUT2D eigenvalue weighted by atomic mass is 9.90. The molecule has 0 aliphatic heterocycles. The van der Waals surface area contributed by atoms with Crippen molar-refractivity contribution >= 4 is 5.97 Å². The van der Waals surface area contributed by atoms with E-state index in [1.54, 1.807) is 0 Å². The summed E-state index contributed by atoms with van der Waals surface area (Å²) in [7, 11) is 1.41. The van der Waals surface area contributed by atoms with Crippen molar-refractivity contribution < 1.29 is 9.53 Å². The van der Waals surface area contributed by atoms with Crippen molar-refractivity contribution in [1.82, 2.24) is 0 Å². The number of rotatable bonds is 4. The van der Waals surface area contributed by atoms with E-state index < -0.39 is 0 Å². The van der Waals surface area contributed by atoms with E-state index in [1.165, 1.54) is 7.11 Å². The molecule has 3 heteroatoms. The predicted octanol–water partition coefficient (Wildman–Crippen LogP) is 1.31. The van der Waals surface area contributed by atoms with E-state index in [4.69, 9.17) is 5.73 Å². The Balaban J connectivity index is 4.09. The maximum absolute atomic E-state index is 11.1. The Hall–Kier alpha value is -0.570. The molecule has 0 aliphatic carbocycles. The molecule has 0 amide bonds. The Labute approximate surface area is 74.3 Å². The molecule has 0 rings (SSSR count). The fourth-order valence-corrected chi connectivity index (χ4v) is 1.20. The predicted molar refractivity (Wildman–Crippen MR) is 48.7 cm³/mol. The van der Waals surface area contributed by atoms with Crippen molar-refractivity contribution in [1.29, 1.82) is 0 Å². The van der Waals surface area contributed by atoms with Gasteiger partial charge in [0, 0.05) is 5.54 Å². The van der Waals surface area contributed by atoms with Gasteiger partial charge in [0.1, 0.15) is 0 Å². The Bertz CT molecular complexity index is 149. The number of carbonyl (C=O) groups is 1. The summed E-state index contributed by atoms with van der Waals surface area (Å²) in [5.41, 5.74) is 5.50. The third-order valence-electron chi connectivity index (χ3n) is 1.80. The zero-order valence-corrected chi connectivity index (χ0v) is 8.39. The van der Waals surface area contributed by atoms with E-state index in [2.05, 4.69) is 4.74 Å². The zero-order chi connectivity index (χ0) is 9.78. The van der Waals surface area contributed by atoms with Crippen molar-refractivity contribution in [2.45, 2.75) is 39.2 Å². The molecular formula is C9H19NO2. The van der Waals surface area contributed by atoms with E-state index in [1.807, 2.05) is 20.8 Å². The highest BCUT2D eigenvalue weighted by molar-refractivity contribution is 5.72. The van der Waals surface area contributed by atoms with E-state index in [-0.39, 0.29) is 17.4 Å². The number of nitrogens with two attached hydrogens (primary N) is 1. The highest BCUT2D eigenvalue weighted by Gasteiger charge is 2.23. The molecule has 0 saturated carbocycles. The van der Waals surface area contributed by atoms with Gasteiger partial charge in [-0.25, -0.2) is 0 Å². The lowest BCUT2D eigenvalue weighted by molar-refractivity contribution is -0.146. The summed E-state index contributed by atoms with van der Waals surface area (Å²) >= 11 is 0. The standard InChI is InChI=1S/C9H19NO2/c1-5-7(8(11)12-4)6-9(2,3)10/h7H,5-6,10H2,1-4H3. The molecule has 72 valence electrons. The molecule has 0 saturated heterocycles. The van der Waals surface area contributed by atoms with Gasteiger partial charge in [-0.1, -0.05) is 6.92 Å². The van der Waals surface area contributed by atoms with Crippen LogP contribution in [0, 0.1) is 5.92 Å². The molecule has 12 heavy (non-hydrogen) atoms. The summed E-state index contributed by atoms with van der Waals surface area (Å²) < 4.78 is 4.65. The normalized spacial score (nSPS) is 14.1. The molecule has 2 N–H and O–H groups in total. The lowest BCUT2D eigenvalue weighted by Crippen LogP contribution is -2.36. The quantitative estimate of drug-likeness (QED) is 0.652. The average Bonchev–Trinajstić information content (AvgIpc) is 1.97. The molecule has 0 fully saturated rings. The topological polar surface area (TPSA) is 52.3 Å². The van der Waals surface area contributed by atoms with Gasteiger partial charge in [0.25, 0.3) is 0 Å². The summed E-state index contributed by atoms with van der Waals surface area (Å²) in [5, 5.41) is 0. The number of hydrogen-bond acceptors (Lipinski definition) is 3. The lowest BCUT2D eigenvalue weighted by Gasteiger charge is -2.23. The molecule has 0 aliphatic rings. The summed E-state index contributed by atoms with van der Waals surface area (Å²) in [4.78, 5) is 11.1. The monoisotopic (exact) mass is 173 g/mol. The fourth-order valence-electron chi connectivity index (χ4n) is 1.20. The van der Waals surface area contributed by atoms with Crippen LogP contribution in [-0.2, 0) is 9.53 Å². The maximum Gasteiger partial charge on any atom is 0.308 e. The van der Waals surface area contributed by atoms with Crippen LogP contribution in [0.5, 0.6) is 0 Å². The molecule has 1 unspecified atom stereocenters. The molecule has 3 nitrogen and oxygen atoms in total. The minimum absolute atomic E-state index is 0.0602. The Morgan fingerprint density at radius 3 is 2.33 bits per heavy atom. The number of esters is 1. The first-order valence-electron chi connectivity index (χ1n) is 4.27. The molecule has 0 bridgehead atoms. The van der Waals surface area contributed by atoms with Crippen LogP contribution in [0.2, 0.25) is 0 Å². The molecular weight excluding hydrogens is 154 g/mol. The molecule has 1 atom stereocenters. The van der Waals surface area contributed by atoms with Crippen molar-refractivity contribution in [2.24, 2.45) is 11.7 Å². The number of methoxy groups -OCH3 is 1. The average molecular weight is 173 g/mol.